The van der Waals surface area contributed by atoms with Crippen molar-refractivity contribution in [3.63, 3.8) is 0 Å². The summed E-state index contributed by atoms with van der Waals surface area (Å²) in [6.07, 6.45) is 7.77. The number of aliphatic imine (C=N–C) groups is 1. The number of unbranched alkanes of at least 4 members (excludes halogenated alkanes) is 1. The van der Waals surface area contributed by atoms with Gasteiger partial charge in [-0.25, -0.2) is 0 Å². The molecular weight excluding hydrogens is 390 g/mol. The molecule has 168 valence electrons. The van der Waals surface area contributed by atoms with Crippen LogP contribution in [-0.4, -0.2) is 59.8 Å². The lowest BCUT2D eigenvalue weighted by molar-refractivity contribution is -0.123. The number of hydrogen-bond donors (Lipinski definition) is 3. The van der Waals surface area contributed by atoms with E-state index in [1.165, 1.54) is 11.1 Å². The highest BCUT2D eigenvalue weighted by atomic mass is 16.1. The lowest BCUT2D eigenvalue weighted by Gasteiger charge is -2.30. The van der Waals surface area contributed by atoms with Gasteiger partial charge in [-0.3, -0.25) is 14.5 Å². The number of likely N-dealkylation sites (tertiary alicyclic amines) is 1. The van der Waals surface area contributed by atoms with Crippen LogP contribution in [0.1, 0.15) is 36.8 Å². The third kappa shape index (κ3) is 7.40. The third-order valence-corrected chi connectivity index (χ3v) is 5.86. The maximum absolute atomic E-state index is 11.3. The molecule has 8 nitrogen and oxygen atoms in total. The first kappa shape index (κ1) is 22.8. The first-order chi connectivity index (χ1) is 15.2. The second-order valence-corrected chi connectivity index (χ2v) is 8.05. The number of amides is 1. The van der Waals surface area contributed by atoms with Crippen LogP contribution in [0.25, 0.3) is 0 Å². The van der Waals surface area contributed by atoms with E-state index >= 15 is 0 Å². The molecule has 2 aromatic rings. The van der Waals surface area contributed by atoms with Crippen LogP contribution in [0.15, 0.2) is 47.7 Å². The van der Waals surface area contributed by atoms with Gasteiger partial charge in [0.25, 0.3) is 0 Å². The van der Waals surface area contributed by atoms with Crippen molar-refractivity contribution in [3.8, 4) is 0 Å². The summed E-state index contributed by atoms with van der Waals surface area (Å²) >= 11 is 0. The van der Waals surface area contributed by atoms with Crippen LogP contribution in [0.3, 0.4) is 0 Å². The van der Waals surface area contributed by atoms with E-state index in [9.17, 15) is 4.79 Å². The van der Waals surface area contributed by atoms with Gasteiger partial charge < -0.3 is 21.3 Å². The zero-order chi connectivity index (χ0) is 21.9. The number of aromatic nitrogens is 2. The van der Waals surface area contributed by atoms with Crippen LogP contribution < -0.4 is 16.4 Å². The van der Waals surface area contributed by atoms with Crippen LogP contribution >= 0.6 is 0 Å². The smallest absolute Gasteiger partial charge is 0.220 e. The van der Waals surface area contributed by atoms with Gasteiger partial charge in [-0.05, 0) is 62.5 Å². The van der Waals surface area contributed by atoms with Crippen LogP contribution in [0.2, 0.25) is 0 Å². The zero-order valence-corrected chi connectivity index (χ0v) is 18.5. The lowest BCUT2D eigenvalue weighted by Crippen LogP contribution is -2.39. The summed E-state index contributed by atoms with van der Waals surface area (Å²) in [4.78, 5) is 18.0. The number of carbonyl (C=O) groups is 1. The highest BCUT2D eigenvalue weighted by molar-refractivity contribution is 5.79. The molecule has 0 atom stereocenters. The summed E-state index contributed by atoms with van der Waals surface area (Å²) in [6.45, 7) is 5.37. The molecule has 0 unspecified atom stereocenters. The second kappa shape index (κ2) is 12.1. The molecule has 1 aromatic heterocycles. The fourth-order valence-corrected chi connectivity index (χ4v) is 3.96. The maximum Gasteiger partial charge on any atom is 0.220 e. The SMILES string of the molecule is CN=C(NCCCCN1CCC(C(N)=O)CC1)NCc1ccccc1Cn1cccn1. The molecule has 4 N–H and O–H groups in total. The summed E-state index contributed by atoms with van der Waals surface area (Å²) in [5, 5.41) is 11.1. The van der Waals surface area contributed by atoms with Gasteiger partial charge in [0.1, 0.15) is 0 Å². The fourth-order valence-electron chi connectivity index (χ4n) is 3.96. The highest BCUT2D eigenvalue weighted by Crippen LogP contribution is 2.16. The molecule has 31 heavy (non-hydrogen) atoms. The Kier molecular flexibility index (Phi) is 8.90. The average molecular weight is 426 g/mol. The van der Waals surface area contributed by atoms with E-state index in [1.807, 2.05) is 16.9 Å². The van der Waals surface area contributed by atoms with Crippen molar-refractivity contribution >= 4 is 11.9 Å². The van der Waals surface area contributed by atoms with Gasteiger partial charge in [0.05, 0.1) is 6.54 Å². The zero-order valence-electron chi connectivity index (χ0n) is 18.5. The minimum atomic E-state index is -0.147. The molecule has 3 rings (SSSR count). The first-order valence-corrected chi connectivity index (χ1v) is 11.2. The van der Waals surface area contributed by atoms with Crippen molar-refractivity contribution in [3.05, 3.63) is 53.9 Å². The molecule has 2 heterocycles. The number of nitrogens with zero attached hydrogens (tertiary/aromatic N) is 4. The van der Waals surface area contributed by atoms with Gasteiger partial charge in [-0.2, -0.15) is 5.10 Å². The summed E-state index contributed by atoms with van der Waals surface area (Å²) in [6, 6.07) is 10.3. The third-order valence-electron chi connectivity index (χ3n) is 5.86. The second-order valence-electron chi connectivity index (χ2n) is 8.05. The lowest BCUT2D eigenvalue weighted by atomic mass is 9.96. The minimum absolute atomic E-state index is 0.0667. The molecule has 1 aliphatic rings. The van der Waals surface area contributed by atoms with Crippen molar-refractivity contribution in [2.45, 2.75) is 38.8 Å². The predicted molar refractivity (Wildman–Crippen MR) is 124 cm³/mol. The van der Waals surface area contributed by atoms with Crippen LogP contribution in [0.5, 0.6) is 0 Å². The number of primary amides is 1. The highest BCUT2D eigenvalue weighted by Gasteiger charge is 2.22. The Balaban J connectivity index is 1.34. The monoisotopic (exact) mass is 425 g/mol. The Morgan fingerprint density at radius 1 is 1.16 bits per heavy atom. The normalized spacial score (nSPS) is 15.7. The number of piperidine rings is 1. The van der Waals surface area contributed by atoms with E-state index < -0.39 is 0 Å². The van der Waals surface area contributed by atoms with Gasteiger partial charge in [0, 0.05) is 38.4 Å². The van der Waals surface area contributed by atoms with E-state index in [4.69, 9.17) is 5.73 Å². The molecule has 0 bridgehead atoms. The molecule has 0 aliphatic carbocycles. The average Bonchev–Trinajstić information content (AvgIpc) is 3.30. The Morgan fingerprint density at radius 3 is 2.61 bits per heavy atom. The van der Waals surface area contributed by atoms with Crippen molar-refractivity contribution in [1.82, 2.24) is 25.3 Å². The number of carbonyl (C=O) groups excluding carboxylic acids is 1. The van der Waals surface area contributed by atoms with Crippen LogP contribution in [0.4, 0.5) is 0 Å². The van der Waals surface area contributed by atoms with Crippen molar-refractivity contribution in [1.29, 1.82) is 0 Å². The number of hydrogen-bond acceptors (Lipinski definition) is 4. The molecule has 8 heteroatoms. The number of nitrogens with two attached hydrogens (primary N) is 1. The maximum atomic E-state index is 11.3. The first-order valence-electron chi connectivity index (χ1n) is 11.2. The van der Waals surface area contributed by atoms with E-state index in [0.29, 0.717) is 6.54 Å². The van der Waals surface area contributed by atoms with Gasteiger partial charge in [-0.15, -0.1) is 0 Å². The quantitative estimate of drug-likeness (QED) is 0.305. The molecule has 1 fully saturated rings. The van der Waals surface area contributed by atoms with E-state index in [-0.39, 0.29) is 11.8 Å². The summed E-state index contributed by atoms with van der Waals surface area (Å²) in [5.41, 5.74) is 7.89. The van der Waals surface area contributed by atoms with Crippen molar-refractivity contribution < 1.29 is 4.79 Å². The fraction of sp³-hybridized carbons (Fsp3) is 0.522. The van der Waals surface area contributed by atoms with Gasteiger partial charge in [0.15, 0.2) is 5.96 Å². The van der Waals surface area contributed by atoms with E-state index in [2.05, 4.69) is 49.9 Å². The molecule has 0 saturated carbocycles. The van der Waals surface area contributed by atoms with Gasteiger partial charge in [0.2, 0.25) is 5.91 Å². The Hall–Kier alpha value is -2.87. The van der Waals surface area contributed by atoms with Crippen molar-refractivity contribution in [2.75, 3.05) is 33.2 Å². The van der Waals surface area contributed by atoms with Crippen LogP contribution in [0, 0.1) is 5.92 Å². The Morgan fingerprint density at radius 2 is 1.94 bits per heavy atom. The molecule has 0 radical (unpaired) electrons. The molecule has 0 spiro atoms. The Bertz CT molecular complexity index is 826. The predicted octanol–water partition coefficient (Wildman–Crippen LogP) is 1.57. The topological polar surface area (TPSA) is 101 Å². The molecule has 1 aliphatic heterocycles. The summed E-state index contributed by atoms with van der Waals surface area (Å²) in [5.74, 6) is 0.736. The molecule has 1 saturated heterocycles. The van der Waals surface area contributed by atoms with Crippen LogP contribution in [-0.2, 0) is 17.9 Å². The largest absolute Gasteiger partial charge is 0.369 e. The molecular formula is C23H35N7O. The molecule has 1 amide bonds. The Labute approximate surface area is 184 Å². The van der Waals surface area contributed by atoms with E-state index in [0.717, 1.165) is 64.4 Å². The summed E-state index contributed by atoms with van der Waals surface area (Å²) in [7, 11) is 1.80. The minimum Gasteiger partial charge on any atom is -0.369 e. The number of rotatable bonds is 10. The van der Waals surface area contributed by atoms with Gasteiger partial charge in [-0.1, -0.05) is 24.3 Å². The van der Waals surface area contributed by atoms with E-state index in [1.54, 1.807) is 13.2 Å². The number of guanidine groups is 1. The number of nitrogens with one attached hydrogen (secondary N) is 2. The van der Waals surface area contributed by atoms with Crippen molar-refractivity contribution in [2.24, 2.45) is 16.6 Å². The summed E-state index contributed by atoms with van der Waals surface area (Å²) < 4.78 is 1.93. The molecule has 1 aromatic carbocycles. The standard InChI is InChI=1S/C23H35N7O/c1-25-23(26-11-4-5-13-29-15-9-19(10-16-29)22(24)31)27-17-20-7-2-3-8-21(20)18-30-14-6-12-28-30/h2-3,6-8,12,14,19H,4-5,9-11,13,15-18H2,1H3,(H2,24,31)(H2,25,26,27). The number of benzene rings is 1. The van der Waals surface area contributed by atoms with Gasteiger partial charge >= 0.3 is 0 Å².